The van der Waals surface area contributed by atoms with Gasteiger partial charge >= 0.3 is 5.97 Å². The van der Waals surface area contributed by atoms with Gasteiger partial charge in [0.15, 0.2) is 5.11 Å². The molecule has 0 aromatic heterocycles. The average Bonchev–Trinajstić information content (AvgIpc) is 2.69. The van der Waals surface area contributed by atoms with Crippen molar-refractivity contribution < 1.29 is 14.3 Å². The molecule has 2 aromatic rings. The molecule has 0 aliphatic carbocycles. The molecular weight excluding hydrogens is 408 g/mol. The minimum atomic E-state index is -0.291. The van der Waals surface area contributed by atoms with E-state index < -0.39 is 0 Å². The zero-order chi connectivity index (χ0) is 21.1. The second-order valence-corrected chi connectivity index (χ2v) is 7.47. The maximum Gasteiger partial charge on any atom is 0.305 e. The van der Waals surface area contributed by atoms with Crippen molar-refractivity contribution in [3.8, 4) is 0 Å². The molecule has 2 rings (SSSR count). The summed E-state index contributed by atoms with van der Waals surface area (Å²) in [7, 11) is 0. The van der Waals surface area contributed by atoms with Gasteiger partial charge in [0.1, 0.15) is 0 Å². The van der Waals surface area contributed by atoms with Crippen LogP contribution in [0.4, 0.5) is 5.69 Å². The normalized spacial score (nSPS) is 10.3. The van der Waals surface area contributed by atoms with Crippen LogP contribution in [0.5, 0.6) is 0 Å². The van der Waals surface area contributed by atoms with Crippen LogP contribution >= 0.6 is 23.8 Å². The van der Waals surface area contributed by atoms with Crippen LogP contribution in [-0.2, 0) is 20.7 Å². The van der Waals surface area contributed by atoms with Crippen LogP contribution in [0.25, 0.3) is 0 Å². The van der Waals surface area contributed by atoms with E-state index in [4.69, 9.17) is 28.6 Å². The second kappa shape index (κ2) is 12.2. The van der Waals surface area contributed by atoms with E-state index in [-0.39, 0.29) is 29.8 Å². The molecule has 0 fully saturated rings. The summed E-state index contributed by atoms with van der Waals surface area (Å²) in [5.41, 5.74) is 2.92. The van der Waals surface area contributed by atoms with Gasteiger partial charge in [-0.15, -0.1) is 0 Å². The van der Waals surface area contributed by atoms with Crippen molar-refractivity contribution in [1.29, 1.82) is 0 Å². The lowest BCUT2D eigenvalue weighted by Crippen LogP contribution is -2.34. The van der Waals surface area contributed by atoms with Crippen molar-refractivity contribution in [2.75, 3.05) is 11.9 Å². The number of ether oxygens (including phenoxy) is 1. The number of thiocarbonyl (C=S) groups is 1. The molecule has 7 heteroatoms. The first-order valence-electron chi connectivity index (χ1n) is 9.50. The maximum absolute atomic E-state index is 12.0. The van der Waals surface area contributed by atoms with Crippen molar-refractivity contribution in [2.24, 2.45) is 0 Å². The van der Waals surface area contributed by atoms with Gasteiger partial charge in [-0.3, -0.25) is 9.59 Å². The molecule has 29 heavy (non-hydrogen) atoms. The van der Waals surface area contributed by atoms with Gasteiger partial charge in [0.2, 0.25) is 5.91 Å². The molecule has 0 radical (unpaired) electrons. The van der Waals surface area contributed by atoms with E-state index >= 15 is 0 Å². The third-order valence-corrected chi connectivity index (χ3v) is 4.64. The zero-order valence-corrected chi connectivity index (χ0v) is 17.9. The largest absolute Gasteiger partial charge is 0.466 e. The summed E-state index contributed by atoms with van der Waals surface area (Å²) in [6, 6.07) is 15.4. The third kappa shape index (κ3) is 9.07. The average molecular weight is 433 g/mol. The molecule has 2 N–H and O–H groups in total. The Labute approximate surface area is 181 Å². The van der Waals surface area contributed by atoms with Gasteiger partial charge in [-0.25, -0.2) is 0 Å². The number of benzene rings is 2. The van der Waals surface area contributed by atoms with Crippen molar-refractivity contribution in [3.05, 3.63) is 64.7 Å². The monoisotopic (exact) mass is 432 g/mol. The third-order valence-electron chi connectivity index (χ3n) is 4.20. The summed E-state index contributed by atoms with van der Waals surface area (Å²) in [5.74, 6) is -0.542. The molecule has 0 atom stereocenters. The number of carbonyl (C=O) groups is 2. The molecule has 0 unspecified atom stereocenters. The lowest BCUT2D eigenvalue weighted by atomic mass is 10.1. The summed E-state index contributed by atoms with van der Waals surface area (Å²) >= 11 is 11.1. The highest BCUT2D eigenvalue weighted by atomic mass is 35.5. The number of anilines is 1. The van der Waals surface area contributed by atoms with E-state index in [1.165, 1.54) is 5.56 Å². The first-order chi connectivity index (χ1) is 13.9. The number of carbonyl (C=O) groups excluding carboxylic acids is 2. The van der Waals surface area contributed by atoms with E-state index in [1.807, 2.05) is 43.3 Å². The summed E-state index contributed by atoms with van der Waals surface area (Å²) < 4.78 is 5.21. The fraction of sp³-hybridized carbons (Fsp3) is 0.318. The molecular formula is C22H25ClN2O3S. The summed E-state index contributed by atoms with van der Waals surface area (Å²) in [6.45, 7) is 2.29. The van der Waals surface area contributed by atoms with Crippen LogP contribution < -0.4 is 10.6 Å². The Hall–Kier alpha value is -2.44. The number of hydrogen-bond donors (Lipinski definition) is 2. The number of halogens is 1. The summed E-state index contributed by atoms with van der Waals surface area (Å²) in [5, 5.41) is 6.33. The number of rotatable bonds is 9. The predicted molar refractivity (Wildman–Crippen MR) is 120 cm³/mol. The Morgan fingerprint density at radius 3 is 2.59 bits per heavy atom. The van der Waals surface area contributed by atoms with E-state index in [2.05, 4.69) is 10.6 Å². The van der Waals surface area contributed by atoms with Gasteiger partial charge in [0, 0.05) is 23.6 Å². The highest BCUT2D eigenvalue weighted by molar-refractivity contribution is 7.80. The molecule has 0 saturated carbocycles. The number of aryl methyl sites for hydroxylation is 2. The minimum Gasteiger partial charge on any atom is -0.466 e. The Morgan fingerprint density at radius 2 is 1.83 bits per heavy atom. The predicted octanol–water partition coefficient (Wildman–Crippen LogP) is 4.81. The molecule has 1 amide bonds. The highest BCUT2D eigenvalue weighted by Crippen LogP contribution is 2.20. The quantitative estimate of drug-likeness (QED) is 0.338. The van der Waals surface area contributed by atoms with Gasteiger partial charge in [-0.05, 0) is 61.7 Å². The van der Waals surface area contributed by atoms with Crippen LogP contribution in [0.3, 0.4) is 0 Å². The fourth-order valence-electron chi connectivity index (χ4n) is 2.64. The van der Waals surface area contributed by atoms with Crippen LogP contribution in [-0.4, -0.2) is 23.6 Å². The zero-order valence-electron chi connectivity index (χ0n) is 16.4. The maximum atomic E-state index is 12.0. The molecule has 2 aromatic carbocycles. The SMILES string of the molecule is Cc1ccc(Cl)cc1NC(=S)NC(=O)CCCC(=O)OCCCc1ccccc1. The van der Waals surface area contributed by atoms with E-state index in [9.17, 15) is 9.59 Å². The minimum absolute atomic E-state index is 0.190. The number of hydrogen-bond acceptors (Lipinski definition) is 4. The van der Waals surface area contributed by atoms with Crippen LogP contribution in [0.2, 0.25) is 5.02 Å². The second-order valence-electron chi connectivity index (χ2n) is 6.62. The Bertz CT molecular complexity index is 843. The lowest BCUT2D eigenvalue weighted by Gasteiger charge is -2.12. The number of nitrogens with one attached hydrogen (secondary N) is 2. The molecule has 5 nitrogen and oxygen atoms in total. The van der Waals surface area contributed by atoms with Crippen molar-refractivity contribution >= 4 is 46.5 Å². The van der Waals surface area contributed by atoms with Crippen LogP contribution in [0.1, 0.15) is 36.8 Å². The molecule has 0 spiro atoms. The van der Waals surface area contributed by atoms with Gasteiger partial charge in [-0.1, -0.05) is 48.0 Å². The molecule has 0 saturated heterocycles. The molecule has 0 aliphatic heterocycles. The standard InChI is InChI=1S/C22H25ClN2O3S/c1-16-12-13-18(23)15-19(16)24-22(29)25-20(26)10-5-11-21(27)28-14-6-9-17-7-3-2-4-8-17/h2-4,7-8,12-13,15H,5-6,9-11,14H2,1H3,(H2,24,25,26,29). The highest BCUT2D eigenvalue weighted by Gasteiger charge is 2.09. The van der Waals surface area contributed by atoms with E-state index in [0.717, 1.165) is 24.1 Å². The molecule has 154 valence electrons. The van der Waals surface area contributed by atoms with E-state index in [0.29, 0.717) is 18.1 Å². The molecule has 0 aliphatic rings. The summed E-state index contributed by atoms with van der Waals surface area (Å²) in [6.07, 6.45) is 2.44. The molecule has 0 bridgehead atoms. The van der Waals surface area contributed by atoms with Crippen molar-refractivity contribution in [1.82, 2.24) is 5.32 Å². The summed E-state index contributed by atoms with van der Waals surface area (Å²) in [4.78, 5) is 23.7. The van der Waals surface area contributed by atoms with Crippen molar-refractivity contribution in [2.45, 2.75) is 39.0 Å². The topological polar surface area (TPSA) is 67.4 Å². The number of esters is 1. The van der Waals surface area contributed by atoms with Crippen LogP contribution in [0, 0.1) is 6.92 Å². The fourth-order valence-corrected chi connectivity index (χ4v) is 3.04. The van der Waals surface area contributed by atoms with E-state index in [1.54, 1.807) is 12.1 Å². The Kier molecular flexibility index (Phi) is 9.60. The Balaban J connectivity index is 1.58. The van der Waals surface area contributed by atoms with Gasteiger partial charge in [0.05, 0.1) is 6.61 Å². The molecule has 0 heterocycles. The van der Waals surface area contributed by atoms with Gasteiger partial charge in [-0.2, -0.15) is 0 Å². The first-order valence-corrected chi connectivity index (χ1v) is 10.3. The lowest BCUT2D eigenvalue weighted by molar-refractivity contribution is -0.143. The number of amides is 1. The van der Waals surface area contributed by atoms with Gasteiger partial charge in [0.25, 0.3) is 0 Å². The smallest absolute Gasteiger partial charge is 0.305 e. The Morgan fingerprint density at radius 1 is 1.07 bits per heavy atom. The van der Waals surface area contributed by atoms with Crippen LogP contribution in [0.15, 0.2) is 48.5 Å². The van der Waals surface area contributed by atoms with Gasteiger partial charge < -0.3 is 15.4 Å². The van der Waals surface area contributed by atoms with Crippen molar-refractivity contribution in [3.63, 3.8) is 0 Å². The first kappa shape index (κ1) is 22.8.